The van der Waals surface area contributed by atoms with Crippen LogP contribution in [0.2, 0.25) is 0 Å². The first-order chi connectivity index (χ1) is 12.0. The van der Waals surface area contributed by atoms with Crippen molar-refractivity contribution in [3.05, 3.63) is 12.2 Å². The molecule has 0 heterocycles. The second-order valence-electron chi connectivity index (χ2n) is 7.73. The number of nitrogens with zero attached hydrogens (tertiary/aromatic N) is 1. The lowest BCUT2D eigenvalue weighted by Gasteiger charge is -2.27. The van der Waals surface area contributed by atoms with Crippen LogP contribution in [0.5, 0.6) is 0 Å². The summed E-state index contributed by atoms with van der Waals surface area (Å²) in [5, 5.41) is 0. The zero-order chi connectivity index (χ0) is 18.9. The average molecular weight is 353 g/mol. The fourth-order valence-electron chi connectivity index (χ4n) is 3.24. The maximum Gasteiger partial charge on any atom is 0.222 e. The minimum absolute atomic E-state index is 0.0211. The van der Waals surface area contributed by atoms with E-state index >= 15 is 0 Å². The van der Waals surface area contributed by atoms with Gasteiger partial charge in [-0.25, -0.2) is 0 Å². The van der Waals surface area contributed by atoms with Crippen molar-refractivity contribution in [2.75, 3.05) is 14.1 Å². The SMILES string of the molecule is CCCCCCCCC=CCCCCCCC(C(N)=O)C(C)N(C)C. The highest BCUT2D eigenvalue weighted by molar-refractivity contribution is 5.77. The third kappa shape index (κ3) is 14.1. The standard InChI is InChI=1S/C22H44N2O/c1-5-6-7-8-9-10-11-12-13-14-15-16-17-18-19-21(22(23)25)20(2)24(3)4/h12-13,20-21H,5-11,14-19H2,1-4H3,(H2,23,25). The fraction of sp³-hybridized carbons (Fsp3) is 0.864. The molecule has 25 heavy (non-hydrogen) atoms. The summed E-state index contributed by atoms with van der Waals surface area (Å²) >= 11 is 0. The second kappa shape index (κ2) is 16.6. The van der Waals surface area contributed by atoms with Crippen LogP contribution in [0, 0.1) is 5.92 Å². The summed E-state index contributed by atoms with van der Waals surface area (Å²) in [4.78, 5) is 13.7. The molecule has 0 spiro atoms. The molecule has 1 amide bonds. The molecule has 0 aromatic heterocycles. The van der Waals surface area contributed by atoms with Crippen LogP contribution in [0.25, 0.3) is 0 Å². The molecule has 0 aliphatic heterocycles. The van der Waals surface area contributed by atoms with Gasteiger partial charge in [-0.1, -0.05) is 70.4 Å². The van der Waals surface area contributed by atoms with Gasteiger partial charge in [-0.2, -0.15) is 0 Å². The van der Waals surface area contributed by atoms with Crippen molar-refractivity contribution in [1.82, 2.24) is 4.90 Å². The number of unbranched alkanes of at least 4 members (excludes halogenated alkanes) is 10. The van der Waals surface area contributed by atoms with Crippen LogP contribution in [0.4, 0.5) is 0 Å². The van der Waals surface area contributed by atoms with E-state index in [1.54, 1.807) is 0 Å². The minimum atomic E-state index is -0.154. The highest BCUT2D eigenvalue weighted by Crippen LogP contribution is 2.17. The molecule has 0 radical (unpaired) electrons. The highest BCUT2D eigenvalue weighted by atomic mass is 16.1. The van der Waals surface area contributed by atoms with Crippen LogP contribution in [0.3, 0.4) is 0 Å². The number of allylic oxidation sites excluding steroid dienone is 2. The molecule has 0 aromatic carbocycles. The van der Waals surface area contributed by atoms with Crippen LogP contribution >= 0.6 is 0 Å². The molecular formula is C22H44N2O. The van der Waals surface area contributed by atoms with Gasteiger partial charge in [0, 0.05) is 6.04 Å². The number of rotatable bonds is 17. The fourth-order valence-corrected chi connectivity index (χ4v) is 3.24. The van der Waals surface area contributed by atoms with E-state index < -0.39 is 0 Å². The number of nitrogens with two attached hydrogens (primary N) is 1. The molecule has 2 unspecified atom stereocenters. The topological polar surface area (TPSA) is 46.3 Å². The van der Waals surface area contributed by atoms with E-state index in [9.17, 15) is 4.79 Å². The highest BCUT2D eigenvalue weighted by Gasteiger charge is 2.23. The van der Waals surface area contributed by atoms with Crippen LogP contribution < -0.4 is 5.73 Å². The van der Waals surface area contributed by atoms with Gasteiger partial charge in [0.05, 0.1) is 5.92 Å². The first-order valence-electron chi connectivity index (χ1n) is 10.6. The van der Waals surface area contributed by atoms with Crippen molar-refractivity contribution < 1.29 is 4.79 Å². The average Bonchev–Trinajstić information content (AvgIpc) is 2.57. The zero-order valence-corrected chi connectivity index (χ0v) is 17.4. The molecular weight excluding hydrogens is 308 g/mol. The van der Waals surface area contributed by atoms with Gasteiger partial charge in [0.25, 0.3) is 0 Å². The molecule has 2 N–H and O–H groups in total. The Morgan fingerprint density at radius 3 is 1.84 bits per heavy atom. The number of hydrogen-bond acceptors (Lipinski definition) is 2. The third-order valence-corrected chi connectivity index (χ3v) is 5.29. The first kappa shape index (κ1) is 24.2. The number of primary amides is 1. The lowest BCUT2D eigenvalue weighted by Crippen LogP contribution is -2.40. The quantitative estimate of drug-likeness (QED) is 0.270. The lowest BCUT2D eigenvalue weighted by molar-refractivity contribution is -0.123. The van der Waals surface area contributed by atoms with Gasteiger partial charge in [-0.05, 0) is 53.1 Å². The molecule has 0 saturated heterocycles. The summed E-state index contributed by atoms with van der Waals surface area (Å²) in [6.07, 6.45) is 21.2. The Morgan fingerprint density at radius 1 is 0.880 bits per heavy atom. The van der Waals surface area contributed by atoms with Gasteiger partial charge >= 0.3 is 0 Å². The Morgan fingerprint density at radius 2 is 1.36 bits per heavy atom. The van der Waals surface area contributed by atoms with Crippen molar-refractivity contribution in [2.45, 2.75) is 103 Å². The molecule has 0 rings (SSSR count). The van der Waals surface area contributed by atoms with Gasteiger partial charge in [-0.3, -0.25) is 4.79 Å². The van der Waals surface area contributed by atoms with Gasteiger partial charge in [0.15, 0.2) is 0 Å². The van der Waals surface area contributed by atoms with Crippen LogP contribution in [0.15, 0.2) is 12.2 Å². The van der Waals surface area contributed by atoms with Gasteiger partial charge in [0.2, 0.25) is 5.91 Å². The molecule has 0 bridgehead atoms. The predicted octanol–water partition coefficient (Wildman–Crippen LogP) is 5.69. The molecule has 0 fully saturated rings. The molecule has 0 aromatic rings. The molecule has 2 atom stereocenters. The summed E-state index contributed by atoms with van der Waals surface area (Å²) in [5.41, 5.74) is 5.55. The van der Waals surface area contributed by atoms with E-state index in [1.165, 1.54) is 70.6 Å². The van der Waals surface area contributed by atoms with E-state index in [4.69, 9.17) is 5.73 Å². The predicted molar refractivity (Wildman–Crippen MR) is 111 cm³/mol. The summed E-state index contributed by atoms with van der Waals surface area (Å²) < 4.78 is 0. The lowest BCUT2D eigenvalue weighted by atomic mass is 9.93. The van der Waals surface area contributed by atoms with Crippen LogP contribution in [-0.4, -0.2) is 30.9 Å². The summed E-state index contributed by atoms with van der Waals surface area (Å²) in [5.74, 6) is -0.175. The monoisotopic (exact) mass is 352 g/mol. The van der Waals surface area contributed by atoms with Gasteiger partial charge < -0.3 is 10.6 Å². The number of carbonyl (C=O) groups is 1. The Labute approximate surface area is 157 Å². The smallest absolute Gasteiger partial charge is 0.222 e. The number of hydrogen-bond donors (Lipinski definition) is 1. The second-order valence-corrected chi connectivity index (χ2v) is 7.73. The summed E-state index contributed by atoms with van der Waals surface area (Å²) in [7, 11) is 4.02. The Balaban J connectivity index is 3.53. The van der Waals surface area contributed by atoms with Crippen molar-refractivity contribution in [1.29, 1.82) is 0 Å². The van der Waals surface area contributed by atoms with Gasteiger partial charge in [-0.15, -0.1) is 0 Å². The van der Waals surface area contributed by atoms with E-state index in [0.717, 1.165) is 12.8 Å². The maximum absolute atomic E-state index is 11.6. The Kier molecular flexibility index (Phi) is 16.1. The summed E-state index contributed by atoms with van der Waals surface area (Å²) in [6.45, 7) is 4.35. The van der Waals surface area contributed by atoms with Crippen LogP contribution in [0.1, 0.15) is 97.3 Å². The van der Waals surface area contributed by atoms with Crippen LogP contribution in [-0.2, 0) is 4.79 Å². The van der Waals surface area contributed by atoms with Crippen molar-refractivity contribution >= 4 is 5.91 Å². The molecule has 3 heteroatoms. The van der Waals surface area contributed by atoms with E-state index in [1.807, 2.05) is 14.1 Å². The normalized spacial score (nSPS) is 14.3. The molecule has 0 aliphatic rings. The largest absolute Gasteiger partial charge is 0.369 e. The summed E-state index contributed by atoms with van der Waals surface area (Å²) in [6, 6.07) is 0.224. The van der Waals surface area contributed by atoms with E-state index in [0.29, 0.717) is 0 Å². The number of amides is 1. The van der Waals surface area contributed by atoms with Crippen molar-refractivity contribution in [3.8, 4) is 0 Å². The van der Waals surface area contributed by atoms with Crippen molar-refractivity contribution in [3.63, 3.8) is 0 Å². The number of carbonyl (C=O) groups excluding carboxylic acids is 1. The van der Waals surface area contributed by atoms with E-state index in [-0.39, 0.29) is 17.9 Å². The molecule has 3 nitrogen and oxygen atoms in total. The molecule has 0 aliphatic carbocycles. The third-order valence-electron chi connectivity index (χ3n) is 5.29. The zero-order valence-electron chi connectivity index (χ0n) is 17.4. The van der Waals surface area contributed by atoms with Crippen molar-refractivity contribution in [2.24, 2.45) is 11.7 Å². The van der Waals surface area contributed by atoms with Gasteiger partial charge in [0.1, 0.15) is 0 Å². The Hall–Kier alpha value is -0.830. The minimum Gasteiger partial charge on any atom is -0.369 e. The first-order valence-corrected chi connectivity index (χ1v) is 10.6. The molecule has 148 valence electrons. The molecule has 0 saturated carbocycles. The maximum atomic E-state index is 11.6. The van der Waals surface area contributed by atoms with E-state index in [2.05, 4.69) is 30.9 Å². The Bertz CT molecular complexity index is 339.